The van der Waals surface area contributed by atoms with Crippen LogP contribution in [-0.4, -0.2) is 53.5 Å². The molecule has 2 saturated heterocycles. The van der Waals surface area contributed by atoms with Crippen molar-refractivity contribution in [1.82, 2.24) is 10.2 Å². The number of amides is 2. The Balaban J connectivity index is 1.53. The fourth-order valence-corrected chi connectivity index (χ4v) is 3.50. The summed E-state index contributed by atoms with van der Waals surface area (Å²) in [5.74, 6) is -0.823. The highest BCUT2D eigenvalue weighted by Crippen LogP contribution is 2.29. The van der Waals surface area contributed by atoms with Gasteiger partial charge in [-0.25, -0.2) is 0 Å². The molecule has 2 fully saturated rings. The van der Waals surface area contributed by atoms with Gasteiger partial charge in [-0.15, -0.1) is 0 Å². The smallest absolute Gasteiger partial charge is 0.317 e. The van der Waals surface area contributed by atoms with Crippen LogP contribution >= 0.6 is 0 Å². The summed E-state index contributed by atoms with van der Waals surface area (Å²) in [6.07, 6.45) is 2.77. The van der Waals surface area contributed by atoms with Gasteiger partial charge in [-0.2, -0.15) is 0 Å². The van der Waals surface area contributed by atoms with Crippen LogP contribution in [0.5, 0.6) is 0 Å². The largest absolute Gasteiger partial charge is 0.480 e. The van der Waals surface area contributed by atoms with Gasteiger partial charge in [-0.3, -0.25) is 24.6 Å². The zero-order chi connectivity index (χ0) is 17.8. The van der Waals surface area contributed by atoms with E-state index in [1.54, 1.807) is 0 Å². The van der Waals surface area contributed by atoms with E-state index in [1.807, 2.05) is 17.0 Å². The van der Waals surface area contributed by atoms with Crippen molar-refractivity contribution >= 4 is 23.5 Å². The SMILES string of the molecule is O=C(O)CN1CCC(c2ccc(N[C@@H]3CCC(=O)NC3=O)cc2)CC1. The third-order valence-electron chi connectivity index (χ3n) is 4.91. The lowest BCUT2D eigenvalue weighted by atomic mass is 9.89. The van der Waals surface area contributed by atoms with Crippen LogP contribution < -0.4 is 10.6 Å². The van der Waals surface area contributed by atoms with Gasteiger partial charge < -0.3 is 10.4 Å². The number of nitrogens with zero attached hydrogens (tertiary/aromatic N) is 1. The van der Waals surface area contributed by atoms with E-state index < -0.39 is 5.97 Å². The van der Waals surface area contributed by atoms with Gasteiger partial charge in [0.25, 0.3) is 0 Å². The predicted octanol–water partition coefficient (Wildman–Crippen LogP) is 1.17. The number of carboxylic acid groups (broad SMARTS) is 1. The van der Waals surface area contributed by atoms with Crippen LogP contribution in [0.15, 0.2) is 24.3 Å². The molecule has 0 bridgehead atoms. The Morgan fingerprint density at radius 3 is 2.44 bits per heavy atom. The van der Waals surface area contributed by atoms with E-state index in [0.29, 0.717) is 18.8 Å². The first-order valence-corrected chi connectivity index (χ1v) is 8.65. The molecule has 0 spiro atoms. The van der Waals surface area contributed by atoms with Crippen LogP contribution in [-0.2, 0) is 14.4 Å². The molecule has 7 heteroatoms. The summed E-state index contributed by atoms with van der Waals surface area (Å²) in [4.78, 5) is 35.7. The normalized spacial score (nSPS) is 22.5. The van der Waals surface area contributed by atoms with Crippen molar-refractivity contribution in [2.24, 2.45) is 0 Å². The molecule has 1 aromatic rings. The molecular weight excluding hydrogens is 322 g/mol. The van der Waals surface area contributed by atoms with Crippen molar-refractivity contribution in [3.8, 4) is 0 Å². The van der Waals surface area contributed by atoms with Crippen LogP contribution in [0.2, 0.25) is 0 Å². The number of rotatable bonds is 5. The number of likely N-dealkylation sites (tertiary alicyclic amines) is 1. The Morgan fingerprint density at radius 2 is 1.84 bits per heavy atom. The van der Waals surface area contributed by atoms with Crippen molar-refractivity contribution in [1.29, 1.82) is 0 Å². The van der Waals surface area contributed by atoms with Crippen LogP contribution in [0, 0.1) is 0 Å². The maximum absolute atomic E-state index is 11.8. The third kappa shape index (κ3) is 4.57. The predicted molar refractivity (Wildman–Crippen MR) is 92.3 cm³/mol. The number of piperidine rings is 2. The molecule has 25 heavy (non-hydrogen) atoms. The van der Waals surface area contributed by atoms with Gasteiger partial charge >= 0.3 is 5.97 Å². The Hall–Kier alpha value is -2.41. The van der Waals surface area contributed by atoms with Gasteiger partial charge in [0, 0.05) is 12.1 Å². The molecule has 2 aliphatic rings. The van der Waals surface area contributed by atoms with Crippen LogP contribution in [0.3, 0.4) is 0 Å². The molecule has 0 aromatic heterocycles. The van der Waals surface area contributed by atoms with Crippen molar-refractivity contribution in [3.63, 3.8) is 0 Å². The fraction of sp³-hybridized carbons (Fsp3) is 0.500. The van der Waals surface area contributed by atoms with E-state index in [2.05, 4.69) is 22.8 Å². The van der Waals surface area contributed by atoms with Gasteiger partial charge in [0.05, 0.1) is 6.54 Å². The molecule has 7 nitrogen and oxygen atoms in total. The second-order valence-electron chi connectivity index (χ2n) is 6.71. The highest BCUT2D eigenvalue weighted by Gasteiger charge is 2.26. The van der Waals surface area contributed by atoms with Crippen molar-refractivity contribution < 1.29 is 19.5 Å². The summed E-state index contributed by atoms with van der Waals surface area (Å²) < 4.78 is 0. The van der Waals surface area contributed by atoms with E-state index in [0.717, 1.165) is 31.6 Å². The molecule has 1 aromatic carbocycles. The number of carbonyl (C=O) groups excluding carboxylic acids is 2. The van der Waals surface area contributed by atoms with Gasteiger partial charge in [-0.1, -0.05) is 12.1 Å². The quantitative estimate of drug-likeness (QED) is 0.693. The summed E-state index contributed by atoms with van der Waals surface area (Å²) in [5.41, 5.74) is 2.10. The number of hydrogen-bond acceptors (Lipinski definition) is 5. The summed E-state index contributed by atoms with van der Waals surface area (Å²) in [5, 5.41) is 14.4. The Labute approximate surface area is 146 Å². The number of imide groups is 1. The number of benzene rings is 1. The van der Waals surface area contributed by atoms with E-state index >= 15 is 0 Å². The molecule has 2 heterocycles. The average Bonchev–Trinajstić information content (AvgIpc) is 2.58. The lowest BCUT2D eigenvalue weighted by Crippen LogP contribution is -2.47. The van der Waals surface area contributed by atoms with E-state index in [9.17, 15) is 14.4 Å². The van der Waals surface area contributed by atoms with Gasteiger partial charge in [-0.05, 0) is 56.0 Å². The standard InChI is InChI=1S/C18H23N3O4/c22-16-6-5-15(18(25)20-16)19-14-3-1-12(2-4-14)13-7-9-21(10-8-13)11-17(23)24/h1-4,13,15,19H,5-11H2,(H,23,24)(H,20,22,25)/t15-/m1/s1. The average molecular weight is 345 g/mol. The first kappa shape index (κ1) is 17.4. The molecule has 0 radical (unpaired) electrons. The fourth-order valence-electron chi connectivity index (χ4n) is 3.50. The minimum atomic E-state index is -0.776. The first-order valence-electron chi connectivity index (χ1n) is 8.65. The Bertz CT molecular complexity index is 651. The molecule has 0 unspecified atom stereocenters. The Kier molecular flexibility index (Phi) is 5.33. The van der Waals surface area contributed by atoms with Gasteiger partial charge in [0.1, 0.15) is 6.04 Å². The maximum Gasteiger partial charge on any atom is 0.317 e. The number of carbonyl (C=O) groups is 3. The van der Waals surface area contributed by atoms with Crippen LogP contribution in [0.4, 0.5) is 5.69 Å². The number of carboxylic acids is 1. The molecule has 134 valence electrons. The lowest BCUT2D eigenvalue weighted by molar-refractivity contribution is -0.138. The molecule has 0 saturated carbocycles. The Morgan fingerprint density at radius 1 is 1.16 bits per heavy atom. The molecule has 3 N–H and O–H groups in total. The summed E-state index contributed by atoms with van der Waals surface area (Å²) >= 11 is 0. The first-order chi connectivity index (χ1) is 12.0. The van der Waals surface area contributed by atoms with Crippen molar-refractivity contribution in [2.75, 3.05) is 25.0 Å². The minimum absolute atomic E-state index is 0.113. The van der Waals surface area contributed by atoms with Crippen LogP contribution in [0.1, 0.15) is 37.2 Å². The second-order valence-corrected chi connectivity index (χ2v) is 6.71. The van der Waals surface area contributed by atoms with E-state index in [4.69, 9.17) is 5.11 Å². The maximum atomic E-state index is 11.8. The zero-order valence-electron chi connectivity index (χ0n) is 14.0. The number of hydrogen-bond donors (Lipinski definition) is 3. The summed E-state index contributed by atoms with van der Waals surface area (Å²) in [6, 6.07) is 7.67. The van der Waals surface area contributed by atoms with E-state index in [-0.39, 0.29) is 24.4 Å². The van der Waals surface area contributed by atoms with Gasteiger partial charge in [0.15, 0.2) is 0 Å². The molecule has 0 aliphatic carbocycles. The van der Waals surface area contributed by atoms with Crippen LogP contribution in [0.25, 0.3) is 0 Å². The highest BCUT2D eigenvalue weighted by molar-refractivity contribution is 6.01. The van der Waals surface area contributed by atoms with Gasteiger partial charge in [0.2, 0.25) is 11.8 Å². The molecule has 3 rings (SSSR count). The second kappa shape index (κ2) is 7.65. The minimum Gasteiger partial charge on any atom is -0.480 e. The van der Waals surface area contributed by atoms with E-state index in [1.165, 1.54) is 5.56 Å². The molecular formula is C18H23N3O4. The number of nitrogens with one attached hydrogen (secondary N) is 2. The third-order valence-corrected chi connectivity index (χ3v) is 4.91. The summed E-state index contributed by atoms with van der Waals surface area (Å²) in [7, 11) is 0. The van der Waals surface area contributed by atoms with Crippen molar-refractivity contribution in [2.45, 2.75) is 37.6 Å². The molecule has 1 atom stereocenters. The lowest BCUT2D eigenvalue weighted by Gasteiger charge is -2.31. The topological polar surface area (TPSA) is 98.7 Å². The van der Waals surface area contributed by atoms with Crippen molar-refractivity contribution in [3.05, 3.63) is 29.8 Å². The monoisotopic (exact) mass is 345 g/mol. The number of aliphatic carboxylic acids is 1. The highest BCUT2D eigenvalue weighted by atomic mass is 16.4. The number of anilines is 1. The molecule has 2 aliphatic heterocycles. The summed E-state index contributed by atoms with van der Waals surface area (Å²) in [6.45, 7) is 1.71. The molecule has 2 amide bonds. The zero-order valence-corrected chi connectivity index (χ0v) is 14.0.